The summed E-state index contributed by atoms with van der Waals surface area (Å²) < 4.78 is 3.67. The molecule has 0 radical (unpaired) electrons. The Kier molecular flexibility index (Phi) is 4.37. The van der Waals surface area contributed by atoms with Crippen molar-refractivity contribution in [3.63, 3.8) is 0 Å². The van der Waals surface area contributed by atoms with E-state index in [1.807, 2.05) is 18.2 Å². The highest BCUT2D eigenvalue weighted by Crippen LogP contribution is 2.25. The summed E-state index contributed by atoms with van der Waals surface area (Å²) in [6.45, 7) is 6.93. The van der Waals surface area contributed by atoms with Crippen molar-refractivity contribution in [2.45, 2.75) is 32.9 Å². The number of rotatable bonds is 3. The van der Waals surface area contributed by atoms with E-state index in [2.05, 4.69) is 73.5 Å². The van der Waals surface area contributed by atoms with E-state index >= 15 is 0 Å². The van der Waals surface area contributed by atoms with Gasteiger partial charge in [0, 0.05) is 14.5 Å². The number of benzene rings is 1. The van der Waals surface area contributed by atoms with Gasteiger partial charge in [-0.05, 0) is 65.3 Å². The first-order chi connectivity index (χ1) is 8.87. The summed E-state index contributed by atoms with van der Waals surface area (Å²) in [6.07, 6.45) is 0. The second-order valence-electron chi connectivity index (χ2n) is 5.21. The van der Waals surface area contributed by atoms with Crippen molar-refractivity contribution in [3.8, 4) is 5.69 Å². The molecule has 0 saturated carbocycles. The lowest BCUT2D eigenvalue weighted by Crippen LogP contribution is -2.35. The highest BCUT2D eigenvalue weighted by molar-refractivity contribution is 9.11. The zero-order valence-corrected chi connectivity index (χ0v) is 14.2. The zero-order valence-electron chi connectivity index (χ0n) is 11.0. The van der Waals surface area contributed by atoms with E-state index in [-0.39, 0.29) is 5.54 Å². The van der Waals surface area contributed by atoms with Gasteiger partial charge in [-0.2, -0.15) is 4.68 Å². The molecule has 5 nitrogen and oxygen atoms in total. The lowest BCUT2D eigenvalue weighted by atomic mass is 10.1. The maximum absolute atomic E-state index is 4.07. The van der Waals surface area contributed by atoms with E-state index in [0.29, 0.717) is 6.54 Å². The smallest absolute Gasteiger partial charge is 0.170 e. The number of halogens is 2. The van der Waals surface area contributed by atoms with Gasteiger partial charge < -0.3 is 5.32 Å². The maximum Gasteiger partial charge on any atom is 0.170 e. The van der Waals surface area contributed by atoms with Crippen molar-refractivity contribution in [1.82, 2.24) is 25.5 Å². The SMILES string of the molecule is CC(C)(C)NCc1nnnn1-c1ccc(Br)cc1Br. The fourth-order valence-corrected chi connectivity index (χ4v) is 2.72. The standard InChI is InChI=1S/C12H15Br2N5/c1-12(2,3)15-7-11-16-17-18-19(11)10-5-4-8(13)6-9(10)14/h4-6,15H,7H2,1-3H3. The predicted molar refractivity (Wildman–Crippen MR) is 81.1 cm³/mol. The van der Waals surface area contributed by atoms with E-state index in [1.165, 1.54) is 0 Å². The molecule has 1 heterocycles. The minimum Gasteiger partial charge on any atom is -0.305 e. The Morgan fingerprint density at radius 1 is 1.26 bits per heavy atom. The van der Waals surface area contributed by atoms with E-state index in [4.69, 9.17) is 0 Å². The Labute approximate surface area is 129 Å². The normalized spacial score (nSPS) is 11.8. The van der Waals surface area contributed by atoms with E-state index < -0.39 is 0 Å². The molecule has 0 aliphatic rings. The topological polar surface area (TPSA) is 55.6 Å². The molecule has 2 aromatic rings. The first-order valence-corrected chi connectivity index (χ1v) is 7.43. The van der Waals surface area contributed by atoms with Crippen molar-refractivity contribution in [2.75, 3.05) is 0 Å². The molecule has 0 bridgehead atoms. The van der Waals surface area contributed by atoms with E-state index in [9.17, 15) is 0 Å². The summed E-state index contributed by atoms with van der Waals surface area (Å²) in [4.78, 5) is 0. The average molecular weight is 389 g/mol. The Morgan fingerprint density at radius 3 is 2.63 bits per heavy atom. The highest BCUT2D eigenvalue weighted by Gasteiger charge is 2.14. The lowest BCUT2D eigenvalue weighted by molar-refractivity contribution is 0.415. The molecule has 0 atom stereocenters. The Balaban J connectivity index is 2.28. The molecule has 2 rings (SSSR count). The first-order valence-electron chi connectivity index (χ1n) is 5.84. The van der Waals surface area contributed by atoms with Crippen LogP contribution in [0.25, 0.3) is 5.69 Å². The van der Waals surface area contributed by atoms with Gasteiger partial charge in [-0.15, -0.1) is 5.10 Å². The first kappa shape index (κ1) is 14.6. The molecule has 19 heavy (non-hydrogen) atoms. The minimum atomic E-state index is 0.0216. The highest BCUT2D eigenvalue weighted by atomic mass is 79.9. The zero-order chi connectivity index (χ0) is 14.0. The molecule has 7 heteroatoms. The molecule has 1 aromatic carbocycles. The third kappa shape index (κ3) is 3.84. The minimum absolute atomic E-state index is 0.0216. The molecule has 1 aromatic heterocycles. The number of hydrogen-bond donors (Lipinski definition) is 1. The van der Waals surface area contributed by atoms with Gasteiger partial charge in [-0.3, -0.25) is 0 Å². The van der Waals surface area contributed by atoms with Crippen LogP contribution in [0.1, 0.15) is 26.6 Å². The van der Waals surface area contributed by atoms with Crippen LogP contribution in [0.15, 0.2) is 27.1 Å². The van der Waals surface area contributed by atoms with Crippen LogP contribution in [0.2, 0.25) is 0 Å². The summed E-state index contributed by atoms with van der Waals surface area (Å²) in [5, 5.41) is 15.2. The second-order valence-corrected chi connectivity index (χ2v) is 6.98. The van der Waals surface area contributed by atoms with Gasteiger partial charge in [-0.1, -0.05) is 15.9 Å². The number of nitrogens with zero attached hydrogens (tertiary/aromatic N) is 4. The molecule has 0 unspecified atom stereocenters. The van der Waals surface area contributed by atoms with Crippen LogP contribution in [-0.4, -0.2) is 25.7 Å². The van der Waals surface area contributed by atoms with Crippen molar-refractivity contribution in [3.05, 3.63) is 33.0 Å². The monoisotopic (exact) mass is 387 g/mol. The molecular formula is C12H15Br2N5. The van der Waals surface area contributed by atoms with Crippen LogP contribution in [0.5, 0.6) is 0 Å². The number of tetrazole rings is 1. The number of hydrogen-bond acceptors (Lipinski definition) is 4. The van der Waals surface area contributed by atoms with E-state index in [1.54, 1.807) is 4.68 Å². The molecule has 0 aliphatic carbocycles. The Hall–Kier alpha value is -0.790. The van der Waals surface area contributed by atoms with Gasteiger partial charge in [0.1, 0.15) is 0 Å². The lowest BCUT2D eigenvalue weighted by Gasteiger charge is -2.20. The Bertz CT molecular complexity index is 574. The number of aromatic nitrogens is 4. The van der Waals surface area contributed by atoms with Crippen LogP contribution in [0, 0.1) is 0 Å². The maximum atomic E-state index is 4.07. The number of nitrogens with one attached hydrogen (secondary N) is 1. The van der Waals surface area contributed by atoms with Crippen LogP contribution in [0.3, 0.4) is 0 Å². The fraction of sp³-hybridized carbons (Fsp3) is 0.417. The van der Waals surface area contributed by atoms with Gasteiger partial charge in [-0.25, -0.2) is 0 Å². The molecule has 102 valence electrons. The second kappa shape index (κ2) is 5.68. The van der Waals surface area contributed by atoms with Crippen LogP contribution in [0.4, 0.5) is 0 Å². The van der Waals surface area contributed by atoms with Crippen molar-refractivity contribution >= 4 is 31.9 Å². The molecule has 0 spiro atoms. The van der Waals surface area contributed by atoms with Gasteiger partial charge in [0.2, 0.25) is 0 Å². The quantitative estimate of drug-likeness (QED) is 0.877. The molecule has 0 amide bonds. The third-order valence-corrected chi connectivity index (χ3v) is 3.58. The van der Waals surface area contributed by atoms with Crippen LogP contribution < -0.4 is 5.32 Å². The van der Waals surface area contributed by atoms with Crippen molar-refractivity contribution < 1.29 is 0 Å². The van der Waals surface area contributed by atoms with Gasteiger partial charge in [0.25, 0.3) is 0 Å². The molecule has 0 fully saturated rings. The van der Waals surface area contributed by atoms with Crippen LogP contribution in [-0.2, 0) is 6.54 Å². The largest absolute Gasteiger partial charge is 0.305 e. The molecule has 0 saturated heterocycles. The molecule has 1 N–H and O–H groups in total. The third-order valence-electron chi connectivity index (χ3n) is 2.45. The van der Waals surface area contributed by atoms with Crippen molar-refractivity contribution in [1.29, 1.82) is 0 Å². The van der Waals surface area contributed by atoms with Gasteiger partial charge in [0.15, 0.2) is 5.82 Å². The van der Waals surface area contributed by atoms with E-state index in [0.717, 1.165) is 20.5 Å². The van der Waals surface area contributed by atoms with Crippen LogP contribution >= 0.6 is 31.9 Å². The summed E-state index contributed by atoms with van der Waals surface area (Å²) in [6, 6.07) is 5.89. The summed E-state index contributed by atoms with van der Waals surface area (Å²) in [5.41, 5.74) is 0.937. The summed E-state index contributed by atoms with van der Waals surface area (Å²) >= 11 is 6.96. The van der Waals surface area contributed by atoms with Gasteiger partial charge in [0.05, 0.1) is 12.2 Å². The average Bonchev–Trinajstić information content (AvgIpc) is 2.73. The van der Waals surface area contributed by atoms with Crippen molar-refractivity contribution in [2.24, 2.45) is 0 Å². The Morgan fingerprint density at radius 2 is 2.00 bits per heavy atom. The fourth-order valence-electron chi connectivity index (χ4n) is 1.50. The summed E-state index contributed by atoms with van der Waals surface area (Å²) in [5.74, 6) is 0.776. The summed E-state index contributed by atoms with van der Waals surface area (Å²) in [7, 11) is 0. The molecule has 0 aliphatic heterocycles. The predicted octanol–water partition coefficient (Wildman–Crippen LogP) is 3.08. The van der Waals surface area contributed by atoms with Gasteiger partial charge >= 0.3 is 0 Å². The molecular weight excluding hydrogens is 374 g/mol.